The molecule has 0 unspecified atom stereocenters. The fourth-order valence-corrected chi connectivity index (χ4v) is 4.94. The van der Waals surface area contributed by atoms with Gasteiger partial charge in [0.05, 0.1) is 24.8 Å². The van der Waals surface area contributed by atoms with Gasteiger partial charge in [-0.15, -0.1) is 0 Å². The van der Waals surface area contributed by atoms with E-state index in [2.05, 4.69) is 10.1 Å². The van der Waals surface area contributed by atoms with Gasteiger partial charge in [0.25, 0.3) is 5.56 Å². The minimum Gasteiger partial charge on any atom is -0.381 e. The number of nitrogens with zero attached hydrogens (tertiary/aromatic N) is 7. The van der Waals surface area contributed by atoms with Crippen molar-refractivity contribution in [3.63, 3.8) is 0 Å². The highest BCUT2D eigenvalue weighted by Crippen LogP contribution is 2.41. The molecule has 0 bridgehead atoms. The minimum absolute atomic E-state index is 0.00820. The first-order valence-electron chi connectivity index (χ1n) is 11.3. The van der Waals surface area contributed by atoms with Crippen LogP contribution in [0.2, 0.25) is 0 Å². The van der Waals surface area contributed by atoms with Gasteiger partial charge in [-0.05, 0) is 24.1 Å². The number of nitriles is 1. The van der Waals surface area contributed by atoms with Gasteiger partial charge in [-0.25, -0.2) is 22.9 Å². The molecule has 0 amide bonds. The number of halogens is 3. The van der Waals surface area contributed by atoms with E-state index in [1.165, 1.54) is 15.6 Å². The van der Waals surface area contributed by atoms with Crippen LogP contribution in [-0.2, 0) is 31.3 Å². The van der Waals surface area contributed by atoms with E-state index in [0.29, 0.717) is 26.3 Å². The number of hydrogen-bond donors (Lipinski definition) is 0. The van der Waals surface area contributed by atoms with Crippen LogP contribution in [0.15, 0.2) is 28.0 Å². The molecule has 2 aliphatic heterocycles. The molecule has 5 rings (SSSR count). The van der Waals surface area contributed by atoms with Crippen molar-refractivity contribution < 1.29 is 17.9 Å². The summed E-state index contributed by atoms with van der Waals surface area (Å²) in [5.74, 6) is -3.98. The van der Waals surface area contributed by atoms with E-state index < -0.39 is 28.7 Å². The Balaban J connectivity index is 1.67. The van der Waals surface area contributed by atoms with Gasteiger partial charge < -0.3 is 9.64 Å². The predicted molar refractivity (Wildman–Crippen MR) is 120 cm³/mol. The number of aromatic nitrogens is 5. The second-order valence-electron chi connectivity index (χ2n) is 9.26. The molecule has 2 fully saturated rings. The van der Waals surface area contributed by atoms with Crippen LogP contribution in [0, 0.1) is 34.2 Å². The van der Waals surface area contributed by atoms with Gasteiger partial charge in [0.2, 0.25) is 0 Å². The Bertz CT molecular complexity index is 1470. The summed E-state index contributed by atoms with van der Waals surface area (Å²) in [7, 11) is 1.63. The van der Waals surface area contributed by atoms with Crippen molar-refractivity contribution in [1.29, 1.82) is 5.26 Å². The molecule has 3 aromatic rings. The summed E-state index contributed by atoms with van der Waals surface area (Å²) in [6.45, 7) is 1.51. The Morgan fingerprint density at radius 3 is 2.47 bits per heavy atom. The summed E-state index contributed by atoms with van der Waals surface area (Å²) in [4.78, 5) is 33.0. The van der Waals surface area contributed by atoms with Crippen molar-refractivity contribution in [2.75, 3.05) is 31.2 Å². The Kier molecular flexibility index (Phi) is 5.91. The Hall–Kier alpha value is -3.92. The monoisotopic (exact) mass is 501 g/mol. The summed E-state index contributed by atoms with van der Waals surface area (Å²) in [5.41, 5.74) is -1.49. The molecule has 1 spiro atoms. The van der Waals surface area contributed by atoms with Crippen molar-refractivity contribution in [3.8, 4) is 6.07 Å². The molecule has 0 atom stereocenters. The van der Waals surface area contributed by atoms with Gasteiger partial charge in [0.15, 0.2) is 23.3 Å². The number of hydrogen-bond acceptors (Lipinski definition) is 7. The van der Waals surface area contributed by atoms with Gasteiger partial charge in [-0.1, -0.05) is 0 Å². The molecule has 36 heavy (non-hydrogen) atoms. The molecule has 2 saturated heterocycles. The highest BCUT2D eigenvalue weighted by Gasteiger charge is 2.47. The zero-order valence-corrected chi connectivity index (χ0v) is 19.4. The van der Waals surface area contributed by atoms with E-state index in [1.54, 1.807) is 7.05 Å². The van der Waals surface area contributed by atoms with Crippen molar-refractivity contribution in [3.05, 3.63) is 73.7 Å². The van der Waals surface area contributed by atoms with Crippen LogP contribution < -0.4 is 16.1 Å². The maximum absolute atomic E-state index is 14.0. The predicted octanol–water partition coefficient (Wildman–Crippen LogP) is 0.945. The summed E-state index contributed by atoms with van der Waals surface area (Å²) in [6.07, 6.45) is 1.94. The zero-order valence-electron chi connectivity index (χ0n) is 19.4. The molecule has 0 aliphatic carbocycles. The Morgan fingerprint density at radius 2 is 1.89 bits per heavy atom. The number of aryl methyl sites for hydroxylation is 1. The average molecular weight is 501 g/mol. The van der Waals surface area contributed by atoms with E-state index >= 15 is 0 Å². The summed E-state index contributed by atoms with van der Waals surface area (Å²) >= 11 is 0. The van der Waals surface area contributed by atoms with Gasteiger partial charge in [0.1, 0.15) is 18.7 Å². The summed E-state index contributed by atoms with van der Waals surface area (Å²) in [6, 6.07) is 3.58. The van der Waals surface area contributed by atoms with Gasteiger partial charge >= 0.3 is 5.69 Å². The van der Waals surface area contributed by atoms with E-state index in [1.807, 2.05) is 11.0 Å². The number of benzene rings is 1. The van der Waals surface area contributed by atoms with Crippen LogP contribution in [0.5, 0.6) is 0 Å². The number of rotatable bonds is 6. The summed E-state index contributed by atoms with van der Waals surface area (Å²) < 4.78 is 50.5. The van der Waals surface area contributed by atoms with E-state index in [4.69, 9.17) is 4.74 Å². The normalized spacial score (nSPS) is 16.4. The lowest BCUT2D eigenvalue weighted by Gasteiger charge is -2.49. The lowest BCUT2D eigenvalue weighted by molar-refractivity contribution is 0.130. The van der Waals surface area contributed by atoms with Crippen LogP contribution in [0.4, 0.5) is 19.0 Å². The second kappa shape index (κ2) is 8.94. The van der Waals surface area contributed by atoms with Crippen LogP contribution >= 0.6 is 0 Å². The largest absolute Gasteiger partial charge is 0.381 e. The third-order valence-corrected chi connectivity index (χ3v) is 6.63. The highest BCUT2D eigenvalue weighted by molar-refractivity contribution is 5.53. The van der Waals surface area contributed by atoms with Crippen molar-refractivity contribution >= 4 is 5.82 Å². The topological polar surface area (TPSA) is 111 Å². The molecule has 10 nitrogen and oxygen atoms in total. The standard InChI is InChI=1S/C23H22F3N7O3/c1-30-13-28-18(29-30)9-33-21(34)15(6-14-7-16(24)19(26)17(25)8-14)20(32(4-3-27)22(33)35)31-10-23(11-31)2-5-36-12-23/h7-8,13H,2,4-6,9-12H2,1H3. The first-order chi connectivity index (χ1) is 17.2. The SMILES string of the molecule is Cn1cnc(Cn2c(=O)c(Cc3cc(F)c(F)c(F)c3)c(N3CC4(CCOC4)C3)n(CC#N)c2=O)n1. The first kappa shape index (κ1) is 23.8. The van der Waals surface area contributed by atoms with E-state index in [0.717, 1.165) is 23.1 Å². The van der Waals surface area contributed by atoms with Crippen LogP contribution in [0.25, 0.3) is 0 Å². The molecule has 1 aromatic carbocycles. The third kappa shape index (κ3) is 4.07. The minimum atomic E-state index is -1.61. The van der Waals surface area contributed by atoms with E-state index in [9.17, 15) is 28.0 Å². The third-order valence-electron chi connectivity index (χ3n) is 6.63. The maximum atomic E-state index is 14.0. The van der Waals surface area contributed by atoms with Gasteiger partial charge in [-0.3, -0.25) is 18.6 Å². The van der Waals surface area contributed by atoms with Crippen molar-refractivity contribution in [2.45, 2.75) is 25.9 Å². The molecule has 0 N–H and O–H groups in total. The fourth-order valence-electron chi connectivity index (χ4n) is 4.94. The average Bonchev–Trinajstić information content (AvgIpc) is 3.47. The van der Waals surface area contributed by atoms with Crippen LogP contribution in [0.3, 0.4) is 0 Å². The Labute approximate surface area is 202 Å². The van der Waals surface area contributed by atoms with Gasteiger partial charge in [0, 0.05) is 38.6 Å². The molecule has 0 radical (unpaired) electrons. The molecule has 0 saturated carbocycles. The quantitative estimate of drug-likeness (QED) is 0.463. The molecule has 13 heteroatoms. The molecule has 2 aromatic heterocycles. The number of anilines is 1. The van der Waals surface area contributed by atoms with Crippen molar-refractivity contribution in [2.24, 2.45) is 12.5 Å². The molecule has 2 aliphatic rings. The van der Waals surface area contributed by atoms with Crippen molar-refractivity contribution in [1.82, 2.24) is 23.9 Å². The van der Waals surface area contributed by atoms with Gasteiger partial charge in [-0.2, -0.15) is 10.4 Å². The number of ether oxygens (including phenoxy) is 1. The van der Waals surface area contributed by atoms with Crippen LogP contribution in [-0.4, -0.2) is 50.2 Å². The molecular formula is C23H22F3N7O3. The molecule has 4 heterocycles. The van der Waals surface area contributed by atoms with E-state index in [-0.39, 0.29) is 47.7 Å². The van der Waals surface area contributed by atoms with Crippen LogP contribution in [0.1, 0.15) is 23.4 Å². The lowest BCUT2D eigenvalue weighted by atomic mass is 9.79. The highest BCUT2D eigenvalue weighted by atomic mass is 19.2. The second-order valence-corrected chi connectivity index (χ2v) is 9.26. The first-order valence-corrected chi connectivity index (χ1v) is 11.3. The lowest BCUT2D eigenvalue weighted by Crippen LogP contribution is -2.59. The Morgan fingerprint density at radius 1 is 1.17 bits per heavy atom. The fraction of sp³-hybridized carbons (Fsp3) is 0.435. The smallest absolute Gasteiger partial charge is 0.333 e. The zero-order chi connectivity index (χ0) is 25.6. The maximum Gasteiger partial charge on any atom is 0.333 e. The summed E-state index contributed by atoms with van der Waals surface area (Å²) in [5, 5.41) is 13.6. The molecule has 188 valence electrons. The molecular weight excluding hydrogens is 479 g/mol.